The van der Waals surface area contributed by atoms with Gasteiger partial charge < -0.3 is 4.74 Å². The lowest BCUT2D eigenvalue weighted by molar-refractivity contribution is 0.309. The van der Waals surface area contributed by atoms with Gasteiger partial charge in [0.15, 0.2) is 0 Å². The molecule has 0 fully saturated rings. The average Bonchev–Trinajstić information content (AvgIpc) is 2.78. The SMILES string of the molecule is CCOc1nc2ccccc2n1-c1ccncc1. The third kappa shape index (κ3) is 1.72. The number of hydrogen-bond donors (Lipinski definition) is 0. The Morgan fingerprint density at radius 3 is 2.67 bits per heavy atom. The molecule has 3 rings (SSSR count). The van der Waals surface area contributed by atoms with Gasteiger partial charge in [0.25, 0.3) is 0 Å². The minimum atomic E-state index is 0.592. The number of rotatable bonds is 3. The van der Waals surface area contributed by atoms with E-state index in [-0.39, 0.29) is 0 Å². The van der Waals surface area contributed by atoms with Crippen LogP contribution in [0.4, 0.5) is 0 Å². The molecule has 90 valence electrons. The molecule has 0 atom stereocenters. The van der Waals surface area contributed by atoms with E-state index in [1.54, 1.807) is 12.4 Å². The molecule has 18 heavy (non-hydrogen) atoms. The Morgan fingerprint density at radius 2 is 1.89 bits per heavy atom. The molecule has 3 aromatic rings. The number of fused-ring (bicyclic) bond motifs is 1. The number of imidazole rings is 1. The Bertz CT molecular complexity index is 661. The van der Waals surface area contributed by atoms with Gasteiger partial charge in [0.2, 0.25) is 0 Å². The molecule has 0 saturated carbocycles. The molecule has 0 unspecified atom stereocenters. The third-order valence-corrected chi connectivity index (χ3v) is 2.72. The summed E-state index contributed by atoms with van der Waals surface area (Å²) in [6, 6.07) is 12.5. The molecule has 4 nitrogen and oxygen atoms in total. The molecular formula is C14H13N3O. The van der Waals surface area contributed by atoms with Gasteiger partial charge >= 0.3 is 6.01 Å². The van der Waals surface area contributed by atoms with E-state index in [0.717, 1.165) is 16.7 Å². The molecule has 0 radical (unpaired) electrons. The fourth-order valence-electron chi connectivity index (χ4n) is 1.97. The zero-order valence-corrected chi connectivity index (χ0v) is 10.1. The van der Waals surface area contributed by atoms with Crippen molar-refractivity contribution >= 4 is 11.0 Å². The summed E-state index contributed by atoms with van der Waals surface area (Å²) in [6.07, 6.45) is 3.53. The highest BCUT2D eigenvalue weighted by atomic mass is 16.5. The second-order valence-electron chi connectivity index (χ2n) is 3.86. The van der Waals surface area contributed by atoms with Crippen LogP contribution < -0.4 is 4.74 Å². The van der Waals surface area contributed by atoms with Gasteiger partial charge in [0.1, 0.15) is 0 Å². The van der Waals surface area contributed by atoms with Gasteiger partial charge in [-0.15, -0.1) is 0 Å². The molecule has 2 aromatic heterocycles. The first-order chi connectivity index (χ1) is 8.90. The number of pyridine rings is 1. The number of aromatic nitrogens is 3. The molecule has 2 heterocycles. The Morgan fingerprint density at radius 1 is 1.11 bits per heavy atom. The van der Waals surface area contributed by atoms with Crippen molar-refractivity contribution in [3.8, 4) is 11.7 Å². The van der Waals surface area contributed by atoms with Crippen LogP contribution in [-0.2, 0) is 0 Å². The highest BCUT2D eigenvalue weighted by Gasteiger charge is 2.12. The largest absolute Gasteiger partial charge is 0.465 e. The highest BCUT2D eigenvalue weighted by molar-refractivity contribution is 5.79. The normalized spacial score (nSPS) is 10.7. The van der Waals surface area contributed by atoms with Crippen molar-refractivity contribution in [3.05, 3.63) is 48.8 Å². The lowest BCUT2D eigenvalue weighted by Crippen LogP contribution is -2.01. The van der Waals surface area contributed by atoms with E-state index in [0.29, 0.717) is 12.6 Å². The Hall–Kier alpha value is -2.36. The van der Waals surface area contributed by atoms with Crippen LogP contribution in [0.5, 0.6) is 6.01 Å². The van der Waals surface area contributed by atoms with Crippen molar-refractivity contribution in [2.75, 3.05) is 6.61 Å². The predicted molar refractivity (Wildman–Crippen MR) is 70.0 cm³/mol. The van der Waals surface area contributed by atoms with Gasteiger partial charge in [-0.3, -0.25) is 9.55 Å². The zero-order chi connectivity index (χ0) is 12.4. The second-order valence-corrected chi connectivity index (χ2v) is 3.86. The summed E-state index contributed by atoms with van der Waals surface area (Å²) in [5, 5.41) is 0. The smallest absolute Gasteiger partial charge is 0.302 e. The first-order valence-electron chi connectivity index (χ1n) is 5.91. The van der Waals surface area contributed by atoms with E-state index < -0.39 is 0 Å². The molecule has 0 spiro atoms. The number of benzene rings is 1. The van der Waals surface area contributed by atoms with E-state index >= 15 is 0 Å². The van der Waals surface area contributed by atoms with Crippen LogP contribution >= 0.6 is 0 Å². The Balaban J connectivity index is 2.28. The van der Waals surface area contributed by atoms with E-state index in [1.165, 1.54) is 0 Å². The molecule has 0 N–H and O–H groups in total. The second kappa shape index (κ2) is 4.49. The zero-order valence-electron chi connectivity index (χ0n) is 10.1. The van der Waals surface area contributed by atoms with Crippen LogP contribution in [0.1, 0.15) is 6.92 Å². The monoisotopic (exact) mass is 239 g/mol. The number of para-hydroxylation sites is 2. The maximum absolute atomic E-state index is 5.61. The van der Waals surface area contributed by atoms with Crippen LogP contribution in [0.25, 0.3) is 16.7 Å². The van der Waals surface area contributed by atoms with Gasteiger partial charge in [0, 0.05) is 12.4 Å². The summed E-state index contributed by atoms with van der Waals surface area (Å²) in [4.78, 5) is 8.54. The van der Waals surface area contributed by atoms with E-state index in [1.807, 2.05) is 47.9 Å². The summed E-state index contributed by atoms with van der Waals surface area (Å²) in [7, 11) is 0. The van der Waals surface area contributed by atoms with Crippen LogP contribution in [0.2, 0.25) is 0 Å². The molecule has 0 bridgehead atoms. The molecule has 0 amide bonds. The maximum Gasteiger partial charge on any atom is 0.302 e. The summed E-state index contributed by atoms with van der Waals surface area (Å²) in [6.45, 7) is 2.55. The van der Waals surface area contributed by atoms with Crippen molar-refractivity contribution in [1.82, 2.24) is 14.5 Å². The van der Waals surface area contributed by atoms with Crippen molar-refractivity contribution < 1.29 is 4.74 Å². The number of hydrogen-bond acceptors (Lipinski definition) is 3. The lowest BCUT2D eigenvalue weighted by Gasteiger charge is -2.08. The van der Waals surface area contributed by atoms with E-state index in [9.17, 15) is 0 Å². The van der Waals surface area contributed by atoms with E-state index in [4.69, 9.17) is 4.74 Å². The van der Waals surface area contributed by atoms with Gasteiger partial charge in [-0.2, -0.15) is 4.98 Å². The van der Waals surface area contributed by atoms with Crippen LogP contribution in [0.15, 0.2) is 48.8 Å². The molecule has 1 aromatic carbocycles. The molecule has 0 aliphatic rings. The van der Waals surface area contributed by atoms with E-state index in [2.05, 4.69) is 9.97 Å². The van der Waals surface area contributed by atoms with Crippen LogP contribution in [0.3, 0.4) is 0 Å². The molecular weight excluding hydrogens is 226 g/mol. The van der Waals surface area contributed by atoms with Gasteiger partial charge in [-0.1, -0.05) is 12.1 Å². The number of ether oxygens (including phenoxy) is 1. The fourth-order valence-corrected chi connectivity index (χ4v) is 1.97. The topological polar surface area (TPSA) is 39.9 Å². The Kier molecular flexibility index (Phi) is 2.68. The van der Waals surface area contributed by atoms with Crippen molar-refractivity contribution in [3.63, 3.8) is 0 Å². The van der Waals surface area contributed by atoms with Crippen molar-refractivity contribution in [2.45, 2.75) is 6.92 Å². The van der Waals surface area contributed by atoms with Crippen LogP contribution in [-0.4, -0.2) is 21.1 Å². The minimum Gasteiger partial charge on any atom is -0.465 e. The molecule has 4 heteroatoms. The summed E-state index contributed by atoms with van der Waals surface area (Å²) in [5.41, 5.74) is 2.96. The summed E-state index contributed by atoms with van der Waals surface area (Å²) >= 11 is 0. The van der Waals surface area contributed by atoms with Gasteiger partial charge in [-0.25, -0.2) is 0 Å². The summed E-state index contributed by atoms with van der Waals surface area (Å²) < 4.78 is 7.61. The molecule has 0 aliphatic carbocycles. The highest BCUT2D eigenvalue weighted by Crippen LogP contribution is 2.25. The number of nitrogens with zero attached hydrogens (tertiary/aromatic N) is 3. The van der Waals surface area contributed by atoms with Gasteiger partial charge in [-0.05, 0) is 31.2 Å². The van der Waals surface area contributed by atoms with Crippen LogP contribution in [0, 0.1) is 0 Å². The maximum atomic E-state index is 5.61. The van der Waals surface area contributed by atoms with Gasteiger partial charge in [0.05, 0.1) is 23.3 Å². The first-order valence-corrected chi connectivity index (χ1v) is 5.91. The lowest BCUT2D eigenvalue weighted by atomic mass is 10.3. The fraction of sp³-hybridized carbons (Fsp3) is 0.143. The Labute approximate surface area is 105 Å². The molecule has 0 saturated heterocycles. The summed E-state index contributed by atoms with van der Waals surface area (Å²) in [5.74, 6) is 0. The first kappa shape index (κ1) is 10.8. The van der Waals surface area contributed by atoms with Crippen molar-refractivity contribution in [2.24, 2.45) is 0 Å². The molecule has 0 aliphatic heterocycles. The predicted octanol–water partition coefficient (Wildman–Crippen LogP) is 2.82. The van der Waals surface area contributed by atoms with Crippen molar-refractivity contribution in [1.29, 1.82) is 0 Å². The third-order valence-electron chi connectivity index (χ3n) is 2.72. The minimum absolute atomic E-state index is 0.592. The standard InChI is InChI=1S/C14H13N3O/c1-2-18-14-16-12-5-3-4-6-13(12)17(14)11-7-9-15-10-8-11/h3-10H,2H2,1H3. The average molecular weight is 239 g/mol. The quantitative estimate of drug-likeness (QED) is 0.705.